The van der Waals surface area contributed by atoms with E-state index < -0.39 is 5.91 Å². The molecule has 7 heteroatoms. The van der Waals surface area contributed by atoms with Crippen molar-refractivity contribution in [1.82, 2.24) is 15.4 Å². The number of amides is 1. The van der Waals surface area contributed by atoms with Crippen molar-refractivity contribution in [3.8, 4) is 11.3 Å². The van der Waals surface area contributed by atoms with Crippen LogP contribution in [0.5, 0.6) is 0 Å². The maximum Gasteiger partial charge on any atom is 0.305 e. The topological polar surface area (TPSA) is 106 Å². The number of nitrogens with one attached hydrogen (secondary N) is 2. The first kappa shape index (κ1) is 18.0. The zero-order valence-corrected chi connectivity index (χ0v) is 15.5. The number of hydrazine groups is 1. The lowest BCUT2D eigenvalue weighted by Gasteiger charge is -2.22. The van der Waals surface area contributed by atoms with Gasteiger partial charge in [0.15, 0.2) is 11.6 Å². The van der Waals surface area contributed by atoms with Crippen LogP contribution in [0.3, 0.4) is 0 Å². The number of nitrogens with zero attached hydrogens (tertiary/aromatic N) is 2. The monoisotopic (exact) mass is 377 g/mol. The third kappa shape index (κ3) is 4.14. The fraction of sp³-hybridized carbons (Fsp3) is 0.286. The van der Waals surface area contributed by atoms with Crippen LogP contribution in [0.1, 0.15) is 54.1 Å². The Hall–Kier alpha value is -3.35. The summed E-state index contributed by atoms with van der Waals surface area (Å²) in [5.41, 5.74) is 14.2. The molecule has 0 spiro atoms. The molecular formula is C21H23N5O2. The van der Waals surface area contributed by atoms with E-state index in [4.69, 9.17) is 10.2 Å². The summed E-state index contributed by atoms with van der Waals surface area (Å²) in [6.07, 6.45) is 7.83. The van der Waals surface area contributed by atoms with Crippen LogP contribution in [0.25, 0.3) is 11.3 Å². The van der Waals surface area contributed by atoms with Crippen LogP contribution in [0.15, 0.2) is 53.1 Å². The molecule has 2 aromatic heterocycles. The van der Waals surface area contributed by atoms with Gasteiger partial charge in [0.25, 0.3) is 0 Å². The van der Waals surface area contributed by atoms with E-state index in [1.54, 1.807) is 18.2 Å². The van der Waals surface area contributed by atoms with Gasteiger partial charge in [-0.3, -0.25) is 15.6 Å². The molecule has 2 heterocycles. The van der Waals surface area contributed by atoms with Gasteiger partial charge in [0.2, 0.25) is 5.95 Å². The fourth-order valence-corrected chi connectivity index (χ4v) is 3.66. The third-order valence-electron chi connectivity index (χ3n) is 5.05. The van der Waals surface area contributed by atoms with E-state index in [-0.39, 0.29) is 11.7 Å². The van der Waals surface area contributed by atoms with E-state index in [2.05, 4.69) is 39.0 Å². The molecule has 7 nitrogen and oxygen atoms in total. The largest absolute Gasteiger partial charge is 0.459 e. The number of anilines is 2. The molecule has 144 valence electrons. The maximum atomic E-state index is 12.0. The highest BCUT2D eigenvalue weighted by Crippen LogP contribution is 2.34. The molecular weight excluding hydrogens is 354 g/mol. The van der Waals surface area contributed by atoms with Gasteiger partial charge in [-0.15, -0.1) is 0 Å². The fourth-order valence-electron chi connectivity index (χ4n) is 3.66. The lowest BCUT2D eigenvalue weighted by molar-refractivity contribution is 0.0935. The smallest absolute Gasteiger partial charge is 0.305 e. The minimum absolute atomic E-state index is 0.135. The van der Waals surface area contributed by atoms with E-state index in [0.29, 0.717) is 17.4 Å². The zero-order chi connectivity index (χ0) is 19.3. The number of hydrogen-bond acceptors (Lipinski definition) is 6. The first-order chi connectivity index (χ1) is 13.7. The molecule has 0 aliphatic heterocycles. The number of nitrogen functional groups attached to an aromatic ring is 1. The van der Waals surface area contributed by atoms with Crippen LogP contribution in [0.4, 0.5) is 11.8 Å². The molecule has 1 aliphatic carbocycles. The van der Waals surface area contributed by atoms with E-state index in [0.717, 1.165) is 5.56 Å². The first-order valence-electron chi connectivity index (χ1n) is 9.54. The number of rotatable bonds is 5. The van der Waals surface area contributed by atoms with Gasteiger partial charge in [-0.05, 0) is 42.5 Å². The van der Waals surface area contributed by atoms with Crippen LogP contribution in [0, 0.1) is 0 Å². The Morgan fingerprint density at radius 1 is 1.07 bits per heavy atom. The van der Waals surface area contributed by atoms with Crippen molar-refractivity contribution in [2.45, 2.75) is 38.0 Å². The van der Waals surface area contributed by atoms with Gasteiger partial charge in [0, 0.05) is 11.6 Å². The number of carbonyl (C=O) groups is 1. The second-order valence-electron chi connectivity index (χ2n) is 7.01. The van der Waals surface area contributed by atoms with E-state index in [1.807, 2.05) is 6.07 Å². The molecule has 3 aromatic rings. The third-order valence-corrected chi connectivity index (χ3v) is 5.05. The average molecular weight is 377 g/mol. The number of carbonyl (C=O) groups excluding carboxylic acids is 1. The number of nitrogens with two attached hydrogens (primary N) is 1. The summed E-state index contributed by atoms with van der Waals surface area (Å²) in [4.78, 5) is 20.5. The van der Waals surface area contributed by atoms with E-state index >= 15 is 0 Å². The van der Waals surface area contributed by atoms with Crippen LogP contribution < -0.4 is 16.6 Å². The second-order valence-corrected chi connectivity index (χ2v) is 7.01. The Morgan fingerprint density at radius 3 is 2.71 bits per heavy atom. The van der Waals surface area contributed by atoms with Crippen molar-refractivity contribution < 1.29 is 9.21 Å². The SMILES string of the molecule is Nc1nc(NNC(=O)c2ccco2)cc(-c2cccc(C3CCCCC3)c2)n1. The number of furan rings is 1. The van der Waals surface area contributed by atoms with Crippen molar-refractivity contribution in [1.29, 1.82) is 0 Å². The van der Waals surface area contributed by atoms with Crippen molar-refractivity contribution in [2.24, 2.45) is 0 Å². The van der Waals surface area contributed by atoms with Crippen LogP contribution >= 0.6 is 0 Å². The Balaban J connectivity index is 1.52. The highest BCUT2D eigenvalue weighted by atomic mass is 16.3. The van der Waals surface area contributed by atoms with Crippen LogP contribution in [0.2, 0.25) is 0 Å². The Labute approximate surface area is 163 Å². The molecule has 28 heavy (non-hydrogen) atoms. The summed E-state index contributed by atoms with van der Waals surface area (Å²) in [6, 6.07) is 13.4. The quantitative estimate of drug-likeness (QED) is 0.578. The van der Waals surface area contributed by atoms with E-state index in [9.17, 15) is 4.79 Å². The van der Waals surface area contributed by atoms with Crippen molar-refractivity contribution in [3.05, 3.63) is 60.1 Å². The molecule has 1 aromatic carbocycles. The highest BCUT2D eigenvalue weighted by Gasteiger charge is 2.16. The second kappa shape index (κ2) is 8.12. The van der Waals surface area contributed by atoms with Gasteiger partial charge in [-0.25, -0.2) is 4.98 Å². The molecule has 0 bridgehead atoms. The first-order valence-corrected chi connectivity index (χ1v) is 9.54. The van der Waals surface area contributed by atoms with Crippen LogP contribution in [-0.4, -0.2) is 15.9 Å². The summed E-state index contributed by atoms with van der Waals surface area (Å²) in [5.74, 6) is 0.955. The molecule has 1 aliphatic rings. The normalized spacial score (nSPS) is 14.6. The number of benzene rings is 1. The van der Waals surface area contributed by atoms with Crippen molar-refractivity contribution in [3.63, 3.8) is 0 Å². The highest BCUT2D eigenvalue weighted by molar-refractivity contribution is 5.92. The van der Waals surface area contributed by atoms with Crippen molar-refractivity contribution in [2.75, 3.05) is 11.2 Å². The summed E-state index contributed by atoms with van der Waals surface area (Å²) in [5, 5.41) is 0. The number of aromatic nitrogens is 2. The number of hydrogen-bond donors (Lipinski definition) is 3. The lowest BCUT2D eigenvalue weighted by atomic mass is 9.83. The van der Waals surface area contributed by atoms with Gasteiger partial charge >= 0.3 is 5.91 Å². The molecule has 4 rings (SSSR count). The molecule has 1 saturated carbocycles. The standard InChI is InChI=1S/C21H23N5O2/c22-21-23-17(13-19(24-21)25-26-20(27)18-10-5-11-28-18)16-9-4-8-15(12-16)14-6-2-1-3-7-14/h4-5,8-14H,1-3,6-7H2,(H,26,27)(H3,22,23,24,25). The summed E-state index contributed by atoms with van der Waals surface area (Å²) < 4.78 is 5.06. The molecule has 0 saturated heterocycles. The predicted octanol–water partition coefficient (Wildman–Crippen LogP) is 4.12. The van der Waals surface area contributed by atoms with Gasteiger partial charge in [-0.2, -0.15) is 4.98 Å². The van der Waals surface area contributed by atoms with Gasteiger partial charge in [0.1, 0.15) is 0 Å². The molecule has 4 N–H and O–H groups in total. The minimum Gasteiger partial charge on any atom is -0.459 e. The molecule has 0 unspecified atom stereocenters. The van der Waals surface area contributed by atoms with Crippen LogP contribution in [-0.2, 0) is 0 Å². The summed E-state index contributed by atoms with van der Waals surface area (Å²) in [6.45, 7) is 0. The maximum absolute atomic E-state index is 12.0. The molecule has 0 radical (unpaired) electrons. The molecule has 0 atom stereocenters. The van der Waals surface area contributed by atoms with Crippen molar-refractivity contribution >= 4 is 17.7 Å². The van der Waals surface area contributed by atoms with Gasteiger partial charge < -0.3 is 10.2 Å². The Morgan fingerprint density at radius 2 is 1.93 bits per heavy atom. The Kier molecular flexibility index (Phi) is 5.23. The predicted molar refractivity (Wildman–Crippen MR) is 108 cm³/mol. The summed E-state index contributed by atoms with van der Waals surface area (Å²) in [7, 11) is 0. The van der Waals surface area contributed by atoms with Gasteiger partial charge in [-0.1, -0.05) is 37.5 Å². The lowest BCUT2D eigenvalue weighted by Crippen LogP contribution is -2.29. The van der Waals surface area contributed by atoms with Gasteiger partial charge in [0.05, 0.1) is 12.0 Å². The zero-order valence-electron chi connectivity index (χ0n) is 15.5. The van der Waals surface area contributed by atoms with E-state index in [1.165, 1.54) is 43.9 Å². The molecule has 1 amide bonds. The molecule has 1 fully saturated rings. The average Bonchev–Trinajstić information content (AvgIpc) is 3.27. The minimum atomic E-state index is -0.400. The Bertz CT molecular complexity index is 949. The summed E-state index contributed by atoms with van der Waals surface area (Å²) >= 11 is 0.